The zero-order chi connectivity index (χ0) is 19.7. The highest BCUT2D eigenvalue weighted by molar-refractivity contribution is 7.03. The molecule has 2 aromatic carbocycles. The zero-order valence-corrected chi connectivity index (χ0v) is 15.2. The molecule has 142 valence electrons. The molecule has 0 aliphatic rings. The number of anilines is 1. The molecule has 4 rings (SSSR count). The van der Waals surface area contributed by atoms with Crippen LogP contribution in [0.25, 0.3) is 10.9 Å². The number of carbonyl (C=O) groups is 1. The van der Waals surface area contributed by atoms with Crippen LogP contribution < -0.4 is 5.32 Å². The molecule has 0 unspecified atom stereocenters. The van der Waals surface area contributed by atoms with Crippen molar-refractivity contribution in [3.05, 3.63) is 83.0 Å². The summed E-state index contributed by atoms with van der Waals surface area (Å²) in [5, 5.41) is 5.43. The van der Waals surface area contributed by atoms with Gasteiger partial charge in [-0.25, -0.2) is 0 Å². The summed E-state index contributed by atoms with van der Waals surface area (Å²) in [6.45, 7) is 0.380. The van der Waals surface area contributed by atoms with Gasteiger partial charge in [-0.3, -0.25) is 4.79 Å². The minimum atomic E-state index is -4.36. The number of amides is 1. The third-order valence-corrected chi connectivity index (χ3v) is 4.90. The van der Waals surface area contributed by atoms with E-state index < -0.39 is 11.7 Å². The molecule has 2 heterocycles. The molecule has 0 aliphatic carbocycles. The highest BCUT2D eigenvalue weighted by Gasteiger charge is 2.29. The summed E-state index contributed by atoms with van der Waals surface area (Å²) in [6, 6.07) is 14.2. The van der Waals surface area contributed by atoms with E-state index >= 15 is 0 Å². The third kappa shape index (κ3) is 3.63. The number of carbonyl (C=O) groups excluding carboxylic acids is 1. The molecule has 2 aromatic heterocycles. The van der Waals surface area contributed by atoms with Crippen molar-refractivity contribution in [2.24, 2.45) is 0 Å². The van der Waals surface area contributed by atoms with E-state index in [-0.39, 0.29) is 5.91 Å². The maximum atomic E-state index is 12.7. The van der Waals surface area contributed by atoms with Crippen LogP contribution in [0.4, 0.5) is 18.9 Å². The lowest BCUT2D eigenvalue weighted by Gasteiger charge is -2.09. The first-order valence-electron chi connectivity index (χ1n) is 8.37. The predicted octanol–water partition coefficient (Wildman–Crippen LogP) is 5.42. The Kier molecular flexibility index (Phi) is 4.64. The van der Waals surface area contributed by atoms with Crippen molar-refractivity contribution >= 4 is 34.0 Å². The lowest BCUT2D eigenvalue weighted by atomic mass is 10.1. The van der Waals surface area contributed by atoms with Crippen molar-refractivity contribution in [1.82, 2.24) is 8.94 Å². The Morgan fingerprint density at radius 2 is 1.82 bits per heavy atom. The van der Waals surface area contributed by atoms with E-state index in [0.717, 1.165) is 28.6 Å². The fraction of sp³-hybridized carbons (Fsp3) is 0.100. The van der Waals surface area contributed by atoms with Gasteiger partial charge in [0, 0.05) is 23.5 Å². The highest BCUT2D eigenvalue weighted by atomic mass is 32.1. The van der Waals surface area contributed by atoms with E-state index in [0.29, 0.717) is 17.9 Å². The van der Waals surface area contributed by atoms with Gasteiger partial charge in [0.1, 0.15) is 5.69 Å². The van der Waals surface area contributed by atoms with Crippen LogP contribution in [0.2, 0.25) is 0 Å². The first-order chi connectivity index (χ1) is 13.4. The molecule has 0 aliphatic heterocycles. The van der Waals surface area contributed by atoms with Crippen LogP contribution in [0, 0.1) is 0 Å². The molecular formula is C20H14F3N3OS. The van der Waals surface area contributed by atoms with Crippen LogP contribution >= 0.6 is 11.5 Å². The largest absolute Gasteiger partial charge is 0.416 e. The summed E-state index contributed by atoms with van der Waals surface area (Å²) in [7, 11) is 0. The number of halogens is 3. The van der Waals surface area contributed by atoms with Crippen molar-refractivity contribution in [2.45, 2.75) is 12.7 Å². The number of nitrogens with one attached hydrogen (secondary N) is 1. The van der Waals surface area contributed by atoms with Gasteiger partial charge >= 0.3 is 6.18 Å². The Balaban J connectivity index is 1.63. The predicted molar refractivity (Wildman–Crippen MR) is 103 cm³/mol. The van der Waals surface area contributed by atoms with Gasteiger partial charge in [-0.05, 0) is 41.4 Å². The monoisotopic (exact) mass is 401 g/mol. The molecule has 28 heavy (non-hydrogen) atoms. The molecule has 1 amide bonds. The van der Waals surface area contributed by atoms with E-state index in [1.165, 1.54) is 23.7 Å². The third-order valence-electron chi connectivity index (χ3n) is 4.34. The number of nitrogens with zero attached hydrogens (tertiary/aromatic N) is 2. The number of fused-ring (bicyclic) bond motifs is 1. The van der Waals surface area contributed by atoms with Gasteiger partial charge in [-0.15, -0.1) is 0 Å². The molecule has 0 atom stereocenters. The van der Waals surface area contributed by atoms with Gasteiger partial charge in [0.15, 0.2) is 0 Å². The Labute approximate surface area is 162 Å². The molecule has 1 N–H and O–H groups in total. The normalized spacial score (nSPS) is 11.7. The van der Waals surface area contributed by atoms with Crippen LogP contribution in [-0.2, 0) is 12.7 Å². The lowest BCUT2D eigenvalue weighted by Crippen LogP contribution is -2.11. The second-order valence-corrected chi connectivity index (χ2v) is 6.89. The Bertz CT molecular complexity index is 1120. The van der Waals surface area contributed by atoms with Gasteiger partial charge in [-0.1, -0.05) is 30.3 Å². The van der Waals surface area contributed by atoms with Gasteiger partial charge in [0.05, 0.1) is 16.8 Å². The van der Waals surface area contributed by atoms with E-state index in [1.54, 1.807) is 17.6 Å². The van der Waals surface area contributed by atoms with Gasteiger partial charge in [0.25, 0.3) is 5.91 Å². The smallest absolute Gasteiger partial charge is 0.341 e. The first-order valence-corrected chi connectivity index (χ1v) is 9.21. The number of alkyl halides is 3. The molecule has 4 aromatic rings. The number of hydrogen-bond acceptors (Lipinski definition) is 3. The SMILES string of the molecule is O=C(Nc1cn(Cc2ccc(C(F)(F)F)cc2)c2ccccc12)c1ccsn1. The minimum Gasteiger partial charge on any atom is -0.341 e. The lowest BCUT2D eigenvalue weighted by molar-refractivity contribution is -0.137. The van der Waals surface area contributed by atoms with Crippen molar-refractivity contribution in [3.8, 4) is 0 Å². The Morgan fingerprint density at radius 1 is 1.07 bits per heavy atom. The molecule has 0 bridgehead atoms. The summed E-state index contributed by atoms with van der Waals surface area (Å²) in [5.74, 6) is -0.307. The van der Waals surface area contributed by atoms with Gasteiger partial charge in [-0.2, -0.15) is 17.5 Å². The van der Waals surface area contributed by atoms with Crippen LogP contribution in [0.1, 0.15) is 21.6 Å². The van der Waals surface area contributed by atoms with Crippen molar-refractivity contribution in [1.29, 1.82) is 0 Å². The number of hydrogen-bond donors (Lipinski definition) is 1. The quantitative estimate of drug-likeness (QED) is 0.497. The Hall–Kier alpha value is -3.13. The molecule has 4 nitrogen and oxygen atoms in total. The van der Waals surface area contributed by atoms with Crippen molar-refractivity contribution < 1.29 is 18.0 Å². The van der Waals surface area contributed by atoms with Crippen molar-refractivity contribution in [3.63, 3.8) is 0 Å². The molecular weight excluding hydrogens is 387 g/mol. The number of para-hydroxylation sites is 1. The molecule has 0 fully saturated rings. The van der Waals surface area contributed by atoms with E-state index in [1.807, 2.05) is 28.8 Å². The average Bonchev–Trinajstić information content (AvgIpc) is 3.31. The second-order valence-electron chi connectivity index (χ2n) is 6.22. The zero-order valence-electron chi connectivity index (χ0n) is 14.4. The van der Waals surface area contributed by atoms with Gasteiger partial charge < -0.3 is 9.88 Å². The van der Waals surface area contributed by atoms with E-state index in [2.05, 4.69) is 9.69 Å². The molecule has 8 heteroatoms. The number of rotatable bonds is 4. The molecule has 0 saturated carbocycles. The maximum absolute atomic E-state index is 12.7. The summed E-state index contributed by atoms with van der Waals surface area (Å²) >= 11 is 1.20. The molecule has 0 radical (unpaired) electrons. The standard InChI is InChI=1S/C20H14F3N3OS/c21-20(22,23)14-7-5-13(6-8-14)11-26-12-17(15-3-1-2-4-18(15)26)24-19(27)16-9-10-28-25-16/h1-10,12H,11H2,(H,24,27). The fourth-order valence-corrected chi connectivity index (χ4v) is 3.50. The van der Waals surface area contributed by atoms with Crippen LogP contribution in [-0.4, -0.2) is 14.8 Å². The second kappa shape index (κ2) is 7.12. The van der Waals surface area contributed by atoms with Gasteiger partial charge in [0.2, 0.25) is 0 Å². The summed E-state index contributed by atoms with van der Waals surface area (Å²) in [5.41, 5.74) is 1.89. The average molecular weight is 401 g/mol. The number of benzene rings is 2. The summed E-state index contributed by atoms with van der Waals surface area (Å²) < 4.78 is 44.2. The topological polar surface area (TPSA) is 46.9 Å². The minimum absolute atomic E-state index is 0.307. The number of aromatic nitrogens is 2. The van der Waals surface area contributed by atoms with Crippen molar-refractivity contribution in [2.75, 3.05) is 5.32 Å². The highest BCUT2D eigenvalue weighted by Crippen LogP contribution is 2.30. The first kappa shape index (κ1) is 18.2. The summed E-state index contributed by atoms with van der Waals surface area (Å²) in [4.78, 5) is 12.3. The maximum Gasteiger partial charge on any atom is 0.416 e. The summed E-state index contributed by atoms with van der Waals surface area (Å²) in [6.07, 6.45) is -2.57. The van der Waals surface area contributed by atoms with E-state index in [4.69, 9.17) is 0 Å². The molecule has 0 saturated heterocycles. The molecule has 0 spiro atoms. The van der Waals surface area contributed by atoms with E-state index in [9.17, 15) is 18.0 Å². The van der Waals surface area contributed by atoms with Crippen LogP contribution in [0.15, 0.2) is 66.2 Å². The van der Waals surface area contributed by atoms with Crippen LogP contribution in [0.3, 0.4) is 0 Å². The van der Waals surface area contributed by atoms with Crippen LogP contribution in [0.5, 0.6) is 0 Å². The Morgan fingerprint density at radius 3 is 2.50 bits per heavy atom. The fourth-order valence-electron chi connectivity index (χ4n) is 2.99.